The van der Waals surface area contributed by atoms with Gasteiger partial charge in [0, 0.05) is 12.1 Å². The number of hydrogen-bond donors (Lipinski definition) is 0. The molecular weight excluding hydrogens is 361 g/mol. The van der Waals surface area contributed by atoms with Gasteiger partial charge >= 0.3 is 6.01 Å². The molecule has 1 fully saturated rings. The Bertz CT molecular complexity index is 752. The summed E-state index contributed by atoms with van der Waals surface area (Å²) in [6, 6.07) is 7.40. The molecule has 1 aromatic carbocycles. The Balaban J connectivity index is 1.53. The van der Waals surface area contributed by atoms with Gasteiger partial charge in [-0.05, 0) is 43.5 Å². The lowest BCUT2D eigenvalue weighted by Gasteiger charge is -2.32. The maximum absolute atomic E-state index is 12.9. The number of piperidine rings is 1. The van der Waals surface area contributed by atoms with E-state index in [0.717, 1.165) is 50.2 Å². The molecule has 2 heterocycles. The number of halogens is 1. The van der Waals surface area contributed by atoms with Crippen molar-refractivity contribution in [3.05, 3.63) is 48.0 Å². The van der Waals surface area contributed by atoms with Gasteiger partial charge in [0.2, 0.25) is 0 Å². The first-order chi connectivity index (χ1) is 13.7. The number of benzene rings is 1. The zero-order valence-corrected chi connectivity index (χ0v) is 16.1. The molecule has 7 heteroatoms. The molecule has 1 amide bonds. The van der Waals surface area contributed by atoms with Gasteiger partial charge in [0.05, 0.1) is 25.5 Å². The second kappa shape index (κ2) is 10.0. The van der Waals surface area contributed by atoms with E-state index in [4.69, 9.17) is 9.47 Å². The highest BCUT2D eigenvalue weighted by Gasteiger charge is 2.26. The number of likely N-dealkylation sites (tertiary alicyclic amines) is 1. The van der Waals surface area contributed by atoms with Crippen molar-refractivity contribution in [2.24, 2.45) is 0 Å². The zero-order valence-electron chi connectivity index (χ0n) is 16.1. The van der Waals surface area contributed by atoms with Gasteiger partial charge in [0.25, 0.3) is 5.91 Å². The third-order valence-electron chi connectivity index (χ3n) is 4.65. The number of unbranched alkanes of at least 4 members (excludes halogenated alkanes) is 2. The second-order valence-electron chi connectivity index (χ2n) is 6.90. The quantitative estimate of drug-likeness (QED) is 0.644. The molecule has 150 valence electrons. The van der Waals surface area contributed by atoms with Crippen molar-refractivity contribution in [3.63, 3.8) is 0 Å². The van der Waals surface area contributed by atoms with Crippen molar-refractivity contribution in [1.82, 2.24) is 14.9 Å². The molecule has 1 aliphatic rings. The number of nitrogens with zero attached hydrogens (tertiary/aromatic N) is 3. The minimum absolute atomic E-state index is 0.0362. The molecule has 1 aromatic heterocycles. The van der Waals surface area contributed by atoms with Gasteiger partial charge in [-0.25, -0.2) is 14.4 Å². The summed E-state index contributed by atoms with van der Waals surface area (Å²) in [4.78, 5) is 22.2. The largest absolute Gasteiger partial charge is 0.494 e. The summed E-state index contributed by atoms with van der Waals surface area (Å²) in [6.45, 7) is 3.98. The molecule has 3 rings (SSSR count). The molecule has 1 aliphatic heterocycles. The van der Waals surface area contributed by atoms with Crippen molar-refractivity contribution >= 4 is 5.91 Å². The summed E-state index contributed by atoms with van der Waals surface area (Å²) in [5.74, 6) is 0.234. The Labute approximate surface area is 164 Å². The highest BCUT2D eigenvalue weighted by molar-refractivity contribution is 5.94. The van der Waals surface area contributed by atoms with E-state index < -0.39 is 5.82 Å². The van der Waals surface area contributed by atoms with Crippen LogP contribution in [0.4, 0.5) is 4.39 Å². The molecule has 0 saturated carbocycles. The maximum atomic E-state index is 12.9. The van der Waals surface area contributed by atoms with E-state index in [1.165, 1.54) is 0 Å². The minimum atomic E-state index is -0.509. The number of carbonyl (C=O) groups is 1. The summed E-state index contributed by atoms with van der Waals surface area (Å²) in [5, 5.41) is 0. The van der Waals surface area contributed by atoms with Crippen LogP contribution < -0.4 is 9.47 Å². The van der Waals surface area contributed by atoms with Crippen LogP contribution in [0.2, 0.25) is 0 Å². The van der Waals surface area contributed by atoms with Gasteiger partial charge in [-0.15, -0.1) is 0 Å². The van der Waals surface area contributed by atoms with E-state index in [9.17, 15) is 9.18 Å². The SMILES string of the molecule is CCCCCOc1ccc(C(=O)N2CCCC(Oc3ncc(F)cn3)C2)cc1. The van der Waals surface area contributed by atoms with E-state index in [1.807, 2.05) is 12.1 Å². The van der Waals surface area contributed by atoms with Crippen molar-refractivity contribution in [3.8, 4) is 11.8 Å². The molecule has 1 saturated heterocycles. The second-order valence-corrected chi connectivity index (χ2v) is 6.90. The van der Waals surface area contributed by atoms with Crippen LogP contribution in [-0.2, 0) is 0 Å². The number of hydrogen-bond acceptors (Lipinski definition) is 5. The van der Waals surface area contributed by atoms with Crippen molar-refractivity contribution in [2.45, 2.75) is 45.1 Å². The highest BCUT2D eigenvalue weighted by atomic mass is 19.1. The molecule has 28 heavy (non-hydrogen) atoms. The third-order valence-corrected chi connectivity index (χ3v) is 4.65. The molecule has 0 aliphatic carbocycles. The van der Waals surface area contributed by atoms with Crippen molar-refractivity contribution < 1.29 is 18.7 Å². The van der Waals surface area contributed by atoms with Crippen LogP contribution in [0.15, 0.2) is 36.7 Å². The lowest BCUT2D eigenvalue weighted by molar-refractivity contribution is 0.0515. The number of carbonyl (C=O) groups excluding carboxylic acids is 1. The average molecular weight is 387 g/mol. The lowest BCUT2D eigenvalue weighted by Crippen LogP contribution is -2.44. The smallest absolute Gasteiger partial charge is 0.316 e. The summed E-state index contributed by atoms with van der Waals surface area (Å²) in [5.41, 5.74) is 0.625. The first kappa shape index (κ1) is 20.0. The fourth-order valence-electron chi connectivity index (χ4n) is 3.15. The fraction of sp³-hybridized carbons (Fsp3) is 0.476. The monoisotopic (exact) mass is 387 g/mol. The number of amides is 1. The van der Waals surface area contributed by atoms with E-state index in [1.54, 1.807) is 17.0 Å². The molecule has 1 atom stereocenters. The Morgan fingerprint density at radius 1 is 1.21 bits per heavy atom. The van der Waals surface area contributed by atoms with Gasteiger partial charge in [0.15, 0.2) is 5.82 Å². The third kappa shape index (κ3) is 5.65. The first-order valence-electron chi connectivity index (χ1n) is 9.82. The van der Waals surface area contributed by atoms with Gasteiger partial charge in [0.1, 0.15) is 11.9 Å². The van der Waals surface area contributed by atoms with Crippen LogP contribution >= 0.6 is 0 Å². The predicted octanol–water partition coefficient (Wildman–Crippen LogP) is 3.87. The van der Waals surface area contributed by atoms with E-state index in [0.29, 0.717) is 25.3 Å². The van der Waals surface area contributed by atoms with Crippen LogP contribution in [0, 0.1) is 5.82 Å². The molecule has 0 bridgehead atoms. The summed E-state index contributed by atoms with van der Waals surface area (Å²) in [6.07, 6.45) is 6.90. The Kier molecular flexibility index (Phi) is 7.17. The summed E-state index contributed by atoms with van der Waals surface area (Å²) >= 11 is 0. The van der Waals surface area contributed by atoms with Crippen LogP contribution in [0.1, 0.15) is 49.4 Å². The minimum Gasteiger partial charge on any atom is -0.494 e. The molecule has 1 unspecified atom stereocenters. The fourth-order valence-corrected chi connectivity index (χ4v) is 3.15. The number of ether oxygens (including phenoxy) is 2. The van der Waals surface area contributed by atoms with Gasteiger partial charge < -0.3 is 14.4 Å². The topological polar surface area (TPSA) is 64.5 Å². The average Bonchev–Trinajstić information content (AvgIpc) is 2.73. The van der Waals surface area contributed by atoms with Crippen LogP contribution in [0.25, 0.3) is 0 Å². The zero-order chi connectivity index (χ0) is 19.8. The first-order valence-corrected chi connectivity index (χ1v) is 9.82. The molecule has 0 N–H and O–H groups in total. The van der Waals surface area contributed by atoms with Crippen LogP contribution in [0.3, 0.4) is 0 Å². The summed E-state index contributed by atoms with van der Waals surface area (Å²) in [7, 11) is 0. The van der Waals surface area contributed by atoms with Gasteiger partial charge in [-0.1, -0.05) is 19.8 Å². The van der Waals surface area contributed by atoms with E-state index in [-0.39, 0.29) is 18.0 Å². The van der Waals surface area contributed by atoms with E-state index >= 15 is 0 Å². The molecule has 0 radical (unpaired) electrons. The molecule has 0 spiro atoms. The van der Waals surface area contributed by atoms with Gasteiger partial charge in [-0.2, -0.15) is 0 Å². The van der Waals surface area contributed by atoms with Crippen molar-refractivity contribution in [1.29, 1.82) is 0 Å². The molecule has 2 aromatic rings. The van der Waals surface area contributed by atoms with Crippen molar-refractivity contribution in [2.75, 3.05) is 19.7 Å². The summed E-state index contributed by atoms with van der Waals surface area (Å²) < 4.78 is 24.3. The molecule has 6 nitrogen and oxygen atoms in total. The van der Waals surface area contributed by atoms with E-state index in [2.05, 4.69) is 16.9 Å². The normalized spacial score (nSPS) is 16.6. The standard InChI is InChI=1S/C21H26FN3O3/c1-2-3-4-12-27-18-9-7-16(8-10-18)20(26)25-11-5-6-19(15-25)28-21-23-13-17(22)14-24-21/h7-10,13-14,19H,2-6,11-12,15H2,1H3. The lowest BCUT2D eigenvalue weighted by atomic mass is 10.1. The Hall–Kier alpha value is -2.70. The maximum Gasteiger partial charge on any atom is 0.316 e. The molecular formula is C21H26FN3O3. The van der Waals surface area contributed by atoms with Crippen LogP contribution in [0.5, 0.6) is 11.8 Å². The number of aromatic nitrogens is 2. The van der Waals surface area contributed by atoms with Gasteiger partial charge in [-0.3, -0.25) is 4.79 Å². The Morgan fingerprint density at radius 2 is 1.96 bits per heavy atom. The predicted molar refractivity (Wildman–Crippen MR) is 103 cm³/mol. The van der Waals surface area contributed by atoms with Crippen LogP contribution in [-0.4, -0.2) is 46.6 Å². The Morgan fingerprint density at radius 3 is 2.68 bits per heavy atom. The highest BCUT2D eigenvalue weighted by Crippen LogP contribution is 2.19. The number of rotatable bonds is 8.